The standard InChI is InChI=1S/C14H11NO2/c1-17-14(16)11-6-4-8-15-12-7-3-2-5-10(12)9-13(11)15/h2-9H,1H3. The number of nitrogens with zero attached hydrogens (tertiary/aromatic N) is 1. The summed E-state index contributed by atoms with van der Waals surface area (Å²) in [7, 11) is 1.40. The molecule has 3 aromatic rings. The largest absolute Gasteiger partial charge is 0.465 e. The molecule has 0 N–H and O–H groups in total. The minimum Gasteiger partial charge on any atom is -0.465 e. The number of hydrogen-bond acceptors (Lipinski definition) is 2. The van der Waals surface area contributed by atoms with E-state index in [0.717, 1.165) is 16.4 Å². The smallest absolute Gasteiger partial charge is 0.339 e. The van der Waals surface area contributed by atoms with E-state index in [9.17, 15) is 4.79 Å². The number of benzene rings is 1. The molecule has 0 spiro atoms. The zero-order valence-electron chi connectivity index (χ0n) is 9.38. The van der Waals surface area contributed by atoms with E-state index in [1.165, 1.54) is 7.11 Å². The number of carbonyl (C=O) groups excluding carboxylic acids is 1. The zero-order valence-corrected chi connectivity index (χ0v) is 9.38. The van der Waals surface area contributed by atoms with Crippen LogP contribution in [-0.4, -0.2) is 17.5 Å². The summed E-state index contributed by atoms with van der Waals surface area (Å²) in [6, 6.07) is 13.7. The highest BCUT2D eigenvalue weighted by molar-refractivity contribution is 6.01. The molecule has 1 aromatic carbocycles. The molecule has 0 saturated carbocycles. The summed E-state index contributed by atoms with van der Waals surface area (Å²) in [5.74, 6) is -0.307. The Morgan fingerprint density at radius 2 is 1.94 bits per heavy atom. The van der Waals surface area contributed by atoms with Gasteiger partial charge in [-0.05, 0) is 24.3 Å². The predicted octanol–water partition coefficient (Wildman–Crippen LogP) is 2.88. The van der Waals surface area contributed by atoms with Gasteiger partial charge in [-0.3, -0.25) is 0 Å². The summed E-state index contributed by atoms with van der Waals surface area (Å²) >= 11 is 0. The molecule has 3 heteroatoms. The summed E-state index contributed by atoms with van der Waals surface area (Å²) < 4.78 is 6.79. The van der Waals surface area contributed by atoms with Crippen LogP contribution in [-0.2, 0) is 4.74 Å². The molecule has 3 nitrogen and oxygen atoms in total. The van der Waals surface area contributed by atoms with Gasteiger partial charge in [0.1, 0.15) is 0 Å². The topological polar surface area (TPSA) is 30.7 Å². The van der Waals surface area contributed by atoms with Gasteiger partial charge in [0.05, 0.1) is 23.7 Å². The molecule has 3 rings (SSSR count). The summed E-state index contributed by atoms with van der Waals surface area (Å²) in [6.45, 7) is 0. The van der Waals surface area contributed by atoms with Crippen LogP contribution in [0.15, 0.2) is 48.7 Å². The van der Waals surface area contributed by atoms with Crippen LogP contribution in [0.5, 0.6) is 0 Å². The highest BCUT2D eigenvalue weighted by Gasteiger charge is 2.12. The van der Waals surface area contributed by atoms with E-state index in [0.29, 0.717) is 5.56 Å². The molecule has 2 heterocycles. The lowest BCUT2D eigenvalue weighted by Gasteiger charge is -2.02. The third kappa shape index (κ3) is 1.40. The molecule has 0 unspecified atom stereocenters. The van der Waals surface area contributed by atoms with Crippen molar-refractivity contribution in [3.63, 3.8) is 0 Å². The molecular formula is C14H11NO2. The van der Waals surface area contributed by atoms with E-state index in [4.69, 9.17) is 4.74 Å². The number of rotatable bonds is 1. The Labute approximate surface area is 98.2 Å². The Bertz CT molecular complexity index is 712. The number of aromatic nitrogens is 1. The van der Waals surface area contributed by atoms with Crippen molar-refractivity contribution in [2.75, 3.05) is 7.11 Å². The van der Waals surface area contributed by atoms with Crippen LogP contribution < -0.4 is 0 Å². The SMILES string of the molecule is COC(=O)c1cccn2c1cc1ccccc12. The van der Waals surface area contributed by atoms with Gasteiger partial charge in [0.2, 0.25) is 0 Å². The molecule has 2 aromatic heterocycles. The van der Waals surface area contributed by atoms with Crippen LogP contribution in [0.25, 0.3) is 16.4 Å². The first-order valence-electron chi connectivity index (χ1n) is 5.38. The number of fused-ring (bicyclic) bond motifs is 3. The number of ether oxygens (including phenoxy) is 1. The van der Waals surface area contributed by atoms with Crippen LogP contribution in [0, 0.1) is 0 Å². The van der Waals surface area contributed by atoms with Crippen molar-refractivity contribution in [1.82, 2.24) is 4.40 Å². The maximum atomic E-state index is 11.7. The Kier molecular flexibility index (Phi) is 2.11. The molecule has 0 atom stereocenters. The molecule has 0 radical (unpaired) electrons. The normalized spacial score (nSPS) is 10.9. The average molecular weight is 225 g/mol. The van der Waals surface area contributed by atoms with Gasteiger partial charge in [-0.2, -0.15) is 0 Å². The fraction of sp³-hybridized carbons (Fsp3) is 0.0714. The van der Waals surface area contributed by atoms with Crippen LogP contribution in [0.4, 0.5) is 0 Å². The van der Waals surface area contributed by atoms with Crippen molar-refractivity contribution >= 4 is 22.4 Å². The molecular weight excluding hydrogens is 214 g/mol. The lowest BCUT2D eigenvalue weighted by Crippen LogP contribution is -2.03. The van der Waals surface area contributed by atoms with Gasteiger partial charge in [0.15, 0.2) is 0 Å². The highest BCUT2D eigenvalue weighted by atomic mass is 16.5. The van der Waals surface area contributed by atoms with E-state index in [1.54, 1.807) is 6.07 Å². The number of carbonyl (C=O) groups is 1. The number of hydrogen-bond donors (Lipinski definition) is 0. The van der Waals surface area contributed by atoms with E-state index >= 15 is 0 Å². The molecule has 0 fully saturated rings. The summed E-state index contributed by atoms with van der Waals surface area (Å²) in [5.41, 5.74) is 2.56. The van der Waals surface area contributed by atoms with Gasteiger partial charge in [-0.1, -0.05) is 18.2 Å². The van der Waals surface area contributed by atoms with E-state index in [-0.39, 0.29) is 5.97 Å². The number of pyridine rings is 1. The van der Waals surface area contributed by atoms with Gasteiger partial charge < -0.3 is 9.14 Å². The lowest BCUT2D eigenvalue weighted by atomic mass is 10.2. The van der Waals surface area contributed by atoms with Gasteiger partial charge in [0.25, 0.3) is 0 Å². The number of esters is 1. The fourth-order valence-electron chi connectivity index (χ4n) is 2.14. The van der Waals surface area contributed by atoms with Gasteiger partial charge >= 0.3 is 5.97 Å². The van der Waals surface area contributed by atoms with Crippen molar-refractivity contribution in [2.24, 2.45) is 0 Å². The second-order valence-corrected chi connectivity index (χ2v) is 3.87. The third-order valence-electron chi connectivity index (χ3n) is 2.93. The van der Waals surface area contributed by atoms with E-state index < -0.39 is 0 Å². The average Bonchev–Trinajstić information content (AvgIpc) is 2.76. The Balaban J connectivity index is 2.43. The first-order chi connectivity index (χ1) is 8.31. The zero-order chi connectivity index (χ0) is 11.8. The van der Waals surface area contributed by atoms with Crippen molar-refractivity contribution < 1.29 is 9.53 Å². The van der Waals surface area contributed by atoms with Crippen molar-refractivity contribution in [1.29, 1.82) is 0 Å². The minimum atomic E-state index is -0.307. The van der Waals surface area contributed by atoms with Gasteiger partial charge in [0, 0.05) is 11.6 Å². The van der Waals surface area contributed by atoms with Crippen LogP contribution >= 0.6 is 0 Å². The summed E-state index contributed by atoms with van der Waals surface area (Å²) in [6.07, 6.45) is 1.95. The second-order valence-electron chi connectivity index (χ2n) is 3.87. The molecule has 0 aliphatic heterocycles. The maximum absolute atomic E-state index is 11.7. The fourth-order valence-corrected chi connectivity index (χ4v) is 2.14. The van der Waals surface area contributed by atoms with Crippen LogP contribution in [0.2, 0.25) is 0 Å². The predicted molar refractivity (Wildman–Crippen MR) is 66.2 cm³/mol. The molecule has 84 valence electrons. The Morgan fingerprint density at radius 3 is 2.76 bits per heavy atom. The Hall–Kier alpha value is -2.29. The monoisotopic (exact) mass is 225 g/mol. The van der Waals surface area contributed by atoms with Crippen molar-refractivity contribution in [3.8, 4) is 0 Å². The number of para-hydroxylation sites is 1. The molecule has 0 aliphatic carbocycles. The molecule has 0 aliphatic rings. The first-order valence-corrected chi connectivity index (χ1v) is 5.38. The van der Waals surface area contributed by atoms with Gasteiger partial charge in [-0.25, -0.2) is 4.79 Å². The quantitative estimate of drug-likeness (QED) is 0.596. The van der Waals surface area contributed by atoms with Crippen LogP contribution in [0.3, 0.4) is 0 Å². The van der Waals surface area contributed by atoms with E-state index in [1.807, 2.05) is 47.0 Å². The van der Waals surface area contributed by atoms with E-state index in [2.05, 4.69) is 0 Å². The second kappa shape index (κ2) is 3.63. The highest BCUT2D eigenvalue weighted by Crippen LogP contribution is 2.22. The van der Waals surface area contributed by atoms with Crippen molar-refractivity contribution in [2.45, 2.75) is 0 Å². The third-order valence-corrected chi connectivity index (χ3v) is 2.93. The minimum absolute atomic E-state index is 0.307. The van der Waals surface area contributed by atoms with Gasteiger partial charge in [-0.15, -0.1) is 0 Å². The van der Waals surface area contributed by atoms with Crippen LogP contribution in [0.1, 0.15) is 10.4 Å². The summed E-state index contributed by atoms with van der Waals surface area (Å²) in [5, 5.41) is 1.11. The lowest BCUT2D eigenvalue weighted by molar-refractivity contribution is 0.0602. The maximum Gasteiger partial charge on any atom is 0.339 e. The summed E-state index contributed by atoms with van der Waals surface area (Å²) in [4.78, 5) is 11.7. The molecule has 0 bridgehead atoms. The Morgan fingerprint density at radius 1 is 1.12 bits per heavy atom. The molecule has 17 heavy (non-hydrogen) atoms. The molecule has 0 saturated heterocycles. The number of methoxy groups -OCH3 is 1. The molecule has 0 amide bonds. The first kappa shape index (κ1) is 9.90. The van der Waals surface area contributed by atoms with Crippen molar-refractivity contribution in [3.05, 3.63) is 54.2 Å².